The number of aliphatic hydroxyl groups is 1. The molecule has 1 N–H and O–H groups in total. The summed E-state index contributed by atoms with van der Waals surface area (Å²) in [5.74, 6) is 1.24. The van der Waals surface area contributed by atoms with Gasteiger partial charge in [-0.1, -0.05) is 0 Å². The molecule has 6 nitrogen and oxygen atoms in total. The van der Waals surface area contributed by atoms with Crippen LogP contribution in [-0.4, -0.2) is 61.5 Å². The highest BCUT2D eigenvalue weighted by Gasteiger charge is 2.29. The predicted octanol–water partition coefficient (Wildman–Crippen LogP) is 0.682. The normalized spacial score (nSPS) is 22.0. The second kappa shape index (κ2) is 7.28. The van der Waals surface area contributed by atoms with Crippen LogP contribution < -0.4 is 9.47 Å². The topological polar surface area (TPSA) is 68.2 Å². The summed E-state index contributed by atoms with van der Waals surface area (Å²) in [5.41, 5.74) is 0. The van der Waals surface area contributed by atoms with Crippen LogP contribution in [0.15, 0.2) is 24.3 Å². The van der Waals surface area contributed by atoms with Crippen LogP contribution in [0, 0.1) is 0 Å². The van der Waals surface area contributed by atoms with Crippen LogP contribution in [0.1, 0.15) is 6.92 Å². The van der Waals surface area contributed by atoms with E-state index in [1.54, 1.807) is 36.3 Å². The molecular weight excluding hydrogens is 274 g/mol. The van der Waals surface area contributed by atoms with E-state index in [1.807, 2.05) is 6.92 Å². The van der Waals surface area contributed by atoms with Gasteiger partial charge in [0.15, 0.2) is 6.61 Å². The molecule has 0 saturated carbocycles. The number of hydrogen-bond acceptors (Lipinski definition) is 5. The number of hydrogen-bond donors (Lipinski definition) is 1. The Hall–Kier alpha value is -1.79. The van der Waals surface area contributed by atoms with Crippen LogP contribution in [0.5, 0.6) is 11.5 Å². The van der Waals surface area contributed by atoms with Crippen molar-refractivity contribution in [2.24, 2.45) is 0 Å². The van der Waals surface area contributed by atoms with E-state index < -0.39 is 0 Å². The first-order chi connectivity index (χ1) is 10.1. The third-order valence-corrected chi connectivity index (χ3v) is 3.45. The fraction of sp³-hybridized carbons (Fsp3) is 0.533. The van der Waals surface area contributed by atoms with Crippen LogP contribution in [0.2, 0.25) is 0 Å². The molecule has 1 amide bonds. The molecule has 116 valence electrons. The number of ether oxygens (including phenoxy) is 3. The van der Waals surface area contributed by atoms with E-state index in [4.69, 9.17) is 19.3 Å². The third kappa shape index (κ3) is 4.09. The quantitative estimate of drug-likeness (QED) is 0.865. The number of carbonyl (C=O) groups is 1. The Kier molecular flexibility index (Phi) is 5.41. The van der Waals surface area contributed by atoms with Gasteiger partial charge in [-0.15, -0.1) is 0 Å². The largest absolute Gasteiger partial charge is 0.497 e. The maximum absolute atomic E-state index is 12.2. The number of carbonyl (C=O) groups excluding carboxylic acids is 1. The van der Waals surface area contributed by atoms with E-state index in [0.717, 1.165) is 5.75 Å². The lowest BCUT2D eigenvalue weighted by Gasteiger charge is -2.37. The first kappa shape index (κ1) is 15.6. The number of amides is 1. The molecule has 0 radical (unpaired) electrons. The van der Waals surface area contributed by atoms with Gasteiger partial charge in [-0.3, -0.25) is 4.79 Å². The standard InChI is InChI=1S/C15H21NO5/c1-11-9-20-14(8-17)7-16(11)15(18)10-21-13-5-3-12(19-2)4-6-13/h3-6,11,14,17H,7-10H2,1-2H3. The third-order valence-electron chi connectivity index (χ3n) is 3.45. The highest BCUT2D eigenvalue weighted by Crippen LogP contribution is 2.17. The average Bonchev–Trinajstić information content (AvgIpc) is 2.53. The molecule has 0 spiro atoms. The maximum Gasteiger partial charge on any atom is 0.260 e. The molecule has 1 saturated heterocycles. The van der Waals surface area contributed by atoms with Crippen LogP contribution in [0.25, 0.3) is 0 Å². The molecule has 0 aromatic heterocycles. The number of benzene rings is 1. The highest BCUT2D eigenvalue weighted by molar-refractivity contribution is 5.78. The zero-order chi connectivity index (χ0) is 15.2. The molecule has 1 aromatic carbocycles. The summed E-state index contributed by atoms with van der Waals surface area (Å²) >= 11 is 0. The second-order valence-corrected chi connectivity index (χ2v) is 5.00. The lowest BCUT2D eigenvalue weighted by Crippen LogP contribution is -2.53. The van der Waals surface area contributed by atoms with Crippen molar-refractivity contribution in [3.63, 3.8) is 0 Å². The minimum atomic E-state index is -0.314. The second-order valence-electron chi connectivity index (χ2n) is 5.00. The summed E-state index contributed by atoms with van der Waals surface area (Å²) in [6, 6.07) is 7.05. The first-order valence-corrected chi connectivity index (χ1v) is 6.92. The number of methoxy groups -OCH3 is 1. The van der Waals surface area contributed by atoms with Crippen molar-refractivity contribution in [1.29, 1.82) is 0 Å². The Morgan fingerprint density at radius 2 is 2.05 bits per heavy atom. The van der Waals surface area contributed by atoms with E-state index in [1.165, 1.54) is 0 Å². The number of rotatable bonds is 5. The summed E-state index contributed by atoms with van der Waals surface area (Å²) in [4.78, 5) is 13.9. The van der Waals surface area contributed by atoms with E-state index in [9.17, 15) is 4.79 Å². The minimum Gasteiger partial charge on any atom is -0.497 e. The summed E-state index contributed by atoms with van der Waals surface area (Å²) in [6.07, 6.45) is -0.314. The van der Waals surface area contributed by atoms with Crippen molar-refractivity contribution in [3.8, 4) is 11.5 Å². The van der Waals surface area contributed by atoms with E-state index >= 15 is 0 Å². The average molecular weight is 295 g/mol. The summed E-state index contributed by atoms with van der Waals surface area (Å²) in [7, 11) is 1.59. The van der Waals surface area contributed by atoms with Gasteiger partial charge in [0, 0.05) is 6.54 Å². The van der Waals surface area contributed by atoms with Crippen molar-refractivity contribution >= 4 is 5.91 Å². The molecule has 21 heavy (non-hydrogen) atoms. The monoisotopic (exact) mass is 295 g/mol. The van der Waals surface area contributed by atoms with Crippen LogP contribution in [-0.2, 0) is 9.53 Å². The van der Waals surface area contributed by atoms with Gasteiger partial charge in [0.2, 0.25) is 0 Å². The smallest absolute Gasteiger partial charge is 0.260 e. The van der Waals surface area contributed by atoms with Gasteiger partial charge in [0.1, 0.15) is 11.5 Å². The van der Waals surface area contributed by atoms with Crippen molar-refractivity contribution in [3.05, 3.63) is 24.3 Å². The zero-order valence-electron chi connectivity index (χ0n) is 12.3. The minimum absolute atomic E-state index is 0.0141. The van der Waals surface area contributed by atoms with Gasteiger partial charge < -0.3 is 24.2 Å². The molecule has 2 unspecified atom stereocenters. The Labute approximate surface area is 124 Å². The van der Waals surface area contributed by atoms with Crippen molar-refractivity contribution in [2.45, 2.75) is 19.1 Å². The fourth-order valence-electron chi connectivity index (χ4n) is 2.18. The molecule has 1 aromatic rings. The van der Waals surface area contributed by atoms with Crippen LogP contribution in [0.4, 0.5) is 0 Å². The van der Waals surface area contributed by atoms with Crippen LogP contribution in [0.3, 0.4) is 0 Å². The molecule has 1 aliphatic heterocycles. The van der Waals surface area contributed by atoms with Crippen molar-refractivity contribution in [2.75, 3.05) is 33.5 Å². The predicted molar refractivity (Wildman–Crippen MR) is 76.5 cm³/mol. The Balaban J connectivity index is 1.87. The molecule has 1 heterocycles. The first-order valence-electron chi connectivity index (χ1n) is 6.92. The summed E-state index contributed by atoms with van der Waals surface area (Å²) < 4.78 is 16.0. The molecule has 0 aliphatic carbocycles. The molecule has 6 heteroatoms. The molecule has 2 rings (SSSR count). The van der Waals surface area contributed by atoms with E-state index in [2.05, 4.69) is 0 Å². The van der Waals surface area contributed by atoms with Gasteiger partial charge in [-0.25, -0.2) is 0 Å². The molecule has 0 bridgehead atoms. The van der Waals surface area contributed by atoms with Crippen molar-refractivity contribution in [1.82, 2.24) is 4.90 Å². The summed E-state index contributed by atoms with van der Waals surface area (Å²) in [5, 5.41) is 9.13. The number of nitrogens with zero attached hydrogens (tertiary/aromatic N) is 1. The number of aliphatic hydroxyl groups excluding tert-OH is 1. The van der Waals surface area contributed by atoms with E-state index in [-0.39, 0.29) is 31.3 Å². The SMILES string of the molecule is COc1ccc(OCC(=O)N2CC(CO)OCC2C)cc1. The van der Waals surface area contributed by atoms with Gasteiger partial charge in [0.25, 0.3) is 5.91 Å². The van der Waals surface area contributed by atoms with E-state index in [0.29, 0.717) is 18.9 Å². The Morgan fingerprint density at radius 1 is 1.38 bits per heavy atom. The van der Waals surface area contributed by atoms with Crippen molar-refractivity contribution < 1.29 is 24.1 Å². The van der Waals surface area contributed by atoms with Crippen LogP contribution >= 0.6 is 0 Å². The summed E-state index contributed by atoms with van der Waals surface area (Å²) in [6.45, 7) is 2.62. The molecule has 2 atom stereocenters. The van der Waals surface area contributed by atoms with Gasteiger partial charge in [-0.2, -0.15) is 0 Å². The Bertz CT molecular complexity index is 462. The Morgan fingerprint density at radius 3 is 2.67 bits per heavy atom. The maximum atomic E-state index is 12.2. The highest BCUT2D eigenvalue weighted by atomic mass is 16.5. The number of morpholine rings is 1. The molecule has 1 aliphatic rings. The van der Waals surface area contributed by atoms with Gasteiger partial charge in [0.05, 0.1) is 32.5 Å². The fourth-order valence-corrected chi connectivity index (χ4v) is 2.18. The lowest BCUT2D eigenvalue weighted by molar-refractivity contribution is -0.148. The van der Waals surface area contributed by atoms with Gasteiger partial charge in [-0.05, 0) is 31.2 Å². The zero-order valence-corrected chi connectivity index (χ0v) is 12.3. The molecular formula is C15H21NO5. The lowest BCUT2D eigenvalue weighted by atomic mass is 10.2. The van der Waals surface area contributed by atoms with Gasteiger partial charge >= 0.3 is 0 Å². The molecule has 1 fully saturated rings.